The summed E-state index contributed by atoms with van der Waals surface area (Å²) in [6, 6.07) is 6.46. The molecule has 138 valence electrons. The van der Waals surface area contributed by atoms with Gasteiger partial charge in [-0.3, -0.25) is 9.52 Å². The average molecular weight is 382 g/mol. The zero-order chi connectivity index (χ0) is 19.1. The molecule has 0 saturated carbocycles. The molecule has 0 aromatic heterocycles. The van der Waals surface area contributed by atoms with Gasteiger partial charge in [-0.1, -0.05) is 0 Å². The number of rotatable bonds is 3. The minimum absolute atomic E-state index is 0.0936. The molecule has 1 aliphatic heterocycles. The average Bonchev–Trinajstić information content (AvgIpc) is 2.63. The van der Waals surface area contributed by atoms with Crippen LogP contribution in [0, 0.1) is 17.0 Å². The molecule has 2 aromatic rings. The normalized spacial score (nSPS) is 16.1. The first-order chi connectivity index (χ1) is 12.1. The van der Waals surface area contributed by atoms with E-state index >= 15 is 0 Å². The Morgan fingerprint density at radius 2 is 1.88 bits per heavy atom. The van der Waals surface area contributed by atoms with E-state index in [0.29, 0.717) is 17.5 Å². The van der Waals surface area contributed by atoms with Crippen LogP contribution in [0.3, 0.4) is 0 Å². The van der Waals surface area contributed by atoms with Gasteiger partial charge in [-0.05, 0) is 44.2 Å². The Morgan fingerprint density at radius 1 is 1.15 bits per heavy atom. The molecule has 0 unspecified atom stereocenters. The van der Waals surface area contributed by atoms with Gasteiger partial charge >= 0.3 is 0 Å². The van der Waals surface area contributed by atoms with Crippen molar-refractivity contribution < 1.29 is 26.7 Å². The second kappa shape index (κ2) is 6.24. The second-order valence-corrected chi connectivity index (χ2v) is 8.17. The van der Waals surface area contributed by atoms with Gasteiger partial charge in [0.25, 0.3) is 10.0 Å². The Bertz CT molecular complexity index is 990. The van der Waals surface area contributed by atoms with E-state index in [1.165, 1.54) is 18.2 Å². The number of carbonyl (C=O) groups excluding carboxylic acids is 1. The second-order valence-electron chi connectivity index (χ2n) is 6.52. The highest BCUT2D eigenvalue weighted by Gasteiger charge is 2.32. The lowest BCUT2D eigenvalue weighted by molar-refractivity contribution is -0.124. The van der Waals surface area contributed by atoms with Crippen LogP contribution in [0.4, 0.5) is 20.2 Å². The highest BCUT2D eigenvalue weighted by atomic mass is 32.2. The molecule has 9 heteroatoms. The maximum Gasteiger partial charge on any atom is 0.264 e. The predicted molar refractivity (Wildman–Crippen MR) is 91.5 cm³/mol. The molecule has 1 aliphatic rings. The number of hydrogen-bond donors (Lipinski definition) is 2. The third-order valence-corrected chi connectivity index (χ3v) is 5.28. The van der Waals surface area contributed by atoms with Gasteiger partial charge in [-0.25, -0.2) is 17.2 Å². The molecule has 0 radical (unpaired) electrons. The number of sulfonamides is 1. The highest BCUT2D eigenvalue weighted by molar-refractivity contribution is 7.92. The van der Waals surface area contributed by atoms with Gasteiger partial charge in [-0.15, -0.1) is 0 Å². The Balaban J connectivity index is 1.91. The third-order valence-electron chi connectivity index (χ3n) is 3.87. The molecule has 0 atom stereocenters. The van der Waals surface area contributed by atoms with Crippen LogP contribution in [0.2, 0.25) is 0 Å². The van der Waals surface area contributed by atoms with Gasteiger partial charge in [0.1, 0.15) is 28.9 Å². The molecular formula is C17H16F2N2O4S. The van der Waals surface area contributed by atoms with E-state index in [1.54, 1.807) is 13.8 Å². The van der Waals surface area contributed by atoms with Gasteiger partial charge in [-0.2, -0.15) is 0 Å². The van der Waals surface area contributed by atoms with Crippen LogP contribution in [0.1, 0.15) is 13.8 Å². The maximum absolute atomic E-state index is 13.8. The number of anilines is 2. The zero-order valence-electron chi connectivity index (χ0n) is 14.0. The third kappa shape index (κ3) is 3.48. The van der Waals surface area contributed by atoms with E-state index in [1.807, 2.05) is 0 Å². The summed E-state index contributed by atoms with van der Waals surface area (Å²) < 4.78 is 59.2. The fourth-order valence-corrected chi connectivity index (χ4v) is 3.45. The van der Waals surface area contributed by atoms with Crippen molar-refractivity contribution in [3.8, 4) is 5.75 Å². The van der Waals surface area contributed by atoms with Crippen molar-refractivity contribution in [1.29, 1.82) is 0 Å². The van der Waals surface area contributed by atoms with Crippen LogP contribution in [0.15, 0.2) is 41.3 Å². The highest BCUT2D eigenvalue weighted by Crippen LogP contribution is 2.34. The summed E-state index contributed by atoms with van der Waals surface area (Å²) in [5.74, 6) is -1.97. The van der Waals surface area contributed by atoms with Gasteiger partial charge in [0.05, 0.1) is 16.8 Å². The summed E-state index contributed by atoms with van der Waals surface area (Å²) in [6.07, 6.45) is 0. The minimum Gasteiger partial charge on any atom is -0.490 e. The lowest BCUT2D eigenvalue weighted by Gasteiger charge is -2.18. The van der Waals surface area contributed by atoms with Crippen LogP contribution >= 0.6 is 0 Å². The maximum atomic E-state index is 13.8. The Hall–Kier alpha value is -2.68. The van der Waals surface area contributed by atoms with Crippen molar-refractivity contribution >= 4 is 27.3 Å². The molecule has 2 aromatic carbocycles. The molecule has 6 nitrogen and oxygen atoms in total. The monoisotopic (exact) mass is 382 g/mol. The van der Waals surface area contributed by atoms with Crippen molar-refractivity contribution in [2.75, 3.05) is 16.6 Å². The summed E-state index contributed by atoms with van der Waals surface area (Å²) in [5, 5.41) is 2.68. The Morgan fingerprint density at radius 3 is 2.58 bits per heavy atom. The smallest absolute Gasteiger partial charge is 0.264 e. The summed E-state index contributed by atoms with van der Waals surface area (Å²) in [5.41, 5.74) is -0.368. The number of fused-ring (bicyclic) bond motifs is 1. The van der Waals surface area contributed by atoms with Gasteiger partial charge in [0.15, 0.2) is 0 Å². The van der Waals surface area contributed by atoms with Crippen molar-refractivity contribution in [1.82, 2.24) is 0 Å². The number of amides is 1. The van der Waals surface area contributed by atoms with Crippen LogP contribution in [-0.4, -0.2) is 20.9 Å². The molecule has 2 N–H and O–H groups in total. The lowest BCUT2D eigenvalue weighted by atomic mass is 9.94. The molecule has 0 spiro atoms. The molecule has 0 aliphatic carbocycles. The van der Waals surface area contributed by atoms with Crippen LogP contribution in [0.5, 0.6) is 5.75 Å². The summed E-state index contributed by atoms with van der Waals surface area (Å²) >= 11 is 0. The predicted octanol–water partition coefficient (Wildman–Crippen LogP) is 3.12. The number of ether oxygens (including phenoxy) is 1. The Labute approximate surface area is 149 Å². The number of nitrogens with one attached hydrogen (secondary N) is 2. The van der Waals surface area contributed by atoms with Gasteiger partial charge in [0.2, 0.25) is 5.91 Å². The zero-order valence-corrected chi connectivity index (χ0v) is 14.8. The van der Waals surface area contributed by atoms with Crippen molar-refractivity contribution in [3.63, 3.8) is 0 Å². The van der Waals surface area contributed by atoms with Crippen molar-refractivity contribution in [3.05, 3.63) is 48.0 Å². The fourth-order valence-electron chi connectivity index (χ4n) is 2.34. The van der Waals surface area contributed by atoms with Crippen molar-refractivity contribution in [2.24, 2.45) is 5.41 Å². The molecule has 1 amide bonds. The van der Waals surface area contributed by atoms with Crippen LogP contribution < -0.4 is 14.8 Å². The number of halogens is 2. The number of carbonyl (C=O) groups is 1. The SMILES string of the molecule is CC1(C)COc2ccc(NS(=O)(=O)c3ccc(F)cc3F)cc2NC1=O. The molecule has 26 heavy (non-hydrogen) atoms. The first-order valence-electron chi connectivity index (χ1n) is 7.65. The topological polar surface area (TPSA) is 84.5 Å². The first kappa shape index (κ1) is 18.1. The molecule has 1 heterocycles. The Kier molecular flexibility index (Phi) is 4.35. The number of hydrogen-bond acceptors (Lipinski definition) is 4. The molecule has 0 bridgehead atoms. The summed E-state index contributed by atoms with van der Waals surface area (Å²) in [7, 11) is -4.28. The van der Waals surface area contributed by atoms with Crippen LogP contribution in [-0.2, 0) is 14.8 Å². The van der Waals surface area contributed by atoms with Gasteiger partial charge in [0, 0.05) is 6.07 Å². The van der Waals surface area contributed by atoms with E-state index in [2.05, 4.69) is 10.0 Å². The van der Waals surface area contributed by atoms with E-state index in [-0.39, 0.29) is 18.2 Å². The largest absolute Gasteiger partial charge is 0.490 e. The standard InChI is InChI=1S/C17H16F2N2O4S/c1-17(2)9-25-14-5-4-11(8-13(14)20-16(17)22)21-26(23,24)15-6-3-10(18)7-12(15)19/h3-8,21H,9H2,1-2H3,(H,20,22). The number of benzene rings is 2. The van der Waals surface area contributed by atoms with E-state index < -0.39 is 32.0 Å². The molecule has 0 saturated heterocycles. The van der Waals surface area contributed by atoms with E-state index in [0.717, 1.165) is 12.1 Å². The lowest BCUT2D eigenvalue weighted by Crippen LogP contribution is -2.33. The van der Waals surface area contributed by atoms with Crippen LogP contribution in [0.25, 0.3) is 0 Å². The fraction of sp³-hybridized carbons (Fsp3) is 0.235. The summed E-state index contributed by atoms with van der Waals surface area (Å²) in [4.78, 5) is 11.5. The van der Waals surface area contributed by atoms with E-state index in [9.17, 15) is 22.0 Å². The molecule has 3 rings (SSSR count). The first-order valence-corrected chi connectivity index (χ1v) is 9.13. The van der Waals surface area contributed by atoms with Crippen molar-refractivity contribution in [2.45, 2.75) is 18.7 Å². The van der Waals surface area contributed by atoms with E-state index in [4.69, 9.17) is 4.74 Å². The molecule has 0 fully saturated rings. The summed E-state index contributed by atoms with van der Waals surface area (Å²) in [6.45, 7) is 3.60. The molecular weight excluding hydrogens is 366 g/mol. The minimum atomic E-state index is -4.28. The quantitative estimate of drug-likeness (QED) is 0.854. The van der Waals surface area contributed by atoms with Gasteiger partial charge < -0.3 is 10.1 Å².